The fourth-order valence-corrected chi connectivity index (χ4v) is 3.00. The third-order valence-corrected chi connectivity index (χ3v) is 4.33. The molecule has 0 aliphatic carbocycles. The average molecular weight is 305 g/mol. The van der Waals surface area contributed by atoms with E-state index in [1.807, 2.05) is 11.3 Å². The van der Waals surface area contributed by atoms with E-state index < -0.39 is 0 Å². The molecule has 2 nitrogen and oxygen atoms in total. The van der Waals surface area contributed by atoms with Crippen LogP contribution in [0.1, 0.15) is 25.1 Å². The van der Waals surface area contributed by atoms with Crippen molar-refractivity contribution in [2.24, 2.45) is 0 Å². The van der Waals surface area contributed by atoms with Gasteiger partial charge < -0.3 is 5.32 Å². The fraction of sp³-hybridized carbons (Fsp3) is 0.667. The summed E-state index contributed by atoms with van der Waals surface area (Å²) in [6.45, 7) is 7.68. The van der Waals surface area contributed by atoms with Crippen LogP contribution in [0, 0.1) is 0 Å². The summed E-state index contributed by atoms with van der Waals surface area (Å²) in [6, 6.07) is 2.78. The van der Waals surface area contributed by atoms with Crippen molar-refractivity contribution in [2.45, 2.75) is 32.9 Å². The van der Waals surface area contributed by atoms with E-state index in [1.54, 1.807) is 0 Å². The van der Waals surface area contributed by atoms with Crippen molar-refractivity contribution in [3.8, 4) is 0 Å². The Morgan fingerprint density at radius 2 is 2.31 bits per heavy atom. The van der Waals surface area contributed by atoms with Crippen LogP contribution in [0.5, 0.6) is 0 Å². The lowest BCUT2D eigenvalue weighted by atomic mass is 10.3. The highest BCUT2D eigenvalue weighted by atomic mass is 79.9. The molecule has 4 heteroatoms. The smallest absolute Gasteiger partial charge is 0.0328 e. The van der Waals surface area contributed by atoms with Gasteiger partial charge in [0.15, 0.2) is 0 Å². The van der Waals surface area contributed by atoms with E-state index in [-0.39, 0.29) is 0 Å². The van der Waals surface area contributed by atoms with Crippen LogP contribution in [0.2, 0.25) is 0 Å². The first kappa shape index (κ1) is 14.2. The molecule has 0 aliphatic rings. The number of likely N-dealkylation sites (N-methyl/N-ethyl adjacent to an activating group) is 1. The molecule has 16 heavy (non-hydrogen) atoms. The van der Waals surface area contributed by atoms with E-state index in [2.05, 4.69) is 58.5 Å². The molecule has 0 bridgehead atoms. The van der Waals surface area contributed by atoms with Gasteiger partial charge in [-0.2, -0.15) is 0 Å². The van der Waals surface area contributed by atoms with Gasteiger partial charge in [-0.1, -0.05) is 6.92 Å². The van der Waals surface area contributed by atoms with Crippen LogP contribution in [0.3, 0.4) is 0 Å². The number of nitrogens with zero attached hydrogens (tertiary/aromatic N) is 1. The van der Waals surface area contributed by atoms with E-state index in [0.29, 0.717) is 6.04 Å². The fourth-order valence-electron chi connectivity index (χ4n) is 1.48. The topological polar surface area (TPSA) is 15.3 Å². The van der Waals surface area contributed by atoms with Crippen molar-refractivity contribution >= 4 is 27.3 Å². The van der Waals surface area contributed by atoms with Crippen molar-refractivity contribution in [1.29, 1.82) is 0 Å². The number of halogens is 1. The number of rotatable bonds is 7. The lowest BCUT2D eigenvalue weighted by molar-refractivity contribution is 0.245. The molecule has 0 fully saturated rings. The Hall–Kier alpha value is 0.1000. The van der Waals surface area contributed by atoms with Crippen molar-refractivity contribution in [2.75, 3.05) is 20.1 Å². The molecule has 0 amide bonds. The molecular weight excluding hydrogens is 284 g/mol. The van der Waals surface area contributed by atoms with E-state index in [4.69, 9.17) is 0 Å². The van der Waals surface area contributed by atoms with Crippen LogP contribution in [-0.4, -0.2) is 31.1 Å². The summed E-state index contributed by atoms with van der Waals surface area (Å²) in [5.74, 6) is 0. The summed E-state index contributed by atoms with van der Waals surface area (Å²) in [5, 5.41) is 5.60. The number of nitrogens with one attached hydrogen (secondary N) is 1. The first-order valence-electron chi connectivity index (χ1n) is 5.77. The Morgan fingerprint density at radius 1 is 1.56 bits per heavy atom. The Balaban J connectivity index is 2.30. The standard InChI is InChI=1S/C12H21BrN2S/c1-4-5-14-7-10(2)15(3)8-12-6-11(13)9-16-12/h6,9-10,14H,4-5,7-8H2,1-3H3. The van der Waals surface area contributed by atoms with Crippen LogP contribution in [-0.2, 0) is 6.54 Å². The first-order chi connectivity index (χ1) is 7.63. The van der Waals surface area contributed by atoms with Gasteiger partial charge in [0.2, 0.25) is 0 Å². The second kappa shape index (κ2) is 7.43. The molecule has 1 aromatic rings. The van der Waals surface area contributed by atoms with Crippen molar-refractivity contribution < 1.29 is 0 Å². The van der Waals surface area contributed by atoms with Gasteiger partial charge in [0.25, 0.3) is 0 Å². The van der Waals surface area contributed by atoms with Gasteiger partial charge in [0.05, 0.1) is 0 Å². The summed E-state index contributed by atoms with van der Waals surface area (Å²) in [6.07, 6.45) is 1.20. The van der Waals surface area contributed by atoms with Crippen molar-refractivity contribution in [3.05, 3.63) is 20.8 Å². The molecule has 1 heterocycles. The minimum Gasteiger partial charge on any atom is -0.315 e. The minimum atomic E-state index is 0.576. The lowest BCUT2D eigenvalue weighted by Gasteiger charge is -2.24. The first-order valence-corrected chi connectivity index (χ1v) is 7.44. The molecule has 0 saturated carbocycles. The molecule has 92 valence electrons. The highest BCUT2D eigenvalue weighted by Crippen LogP contribution is 2.21. The average Bonchev–Trinajstić information content (AvgIpc) is 2.64. The molecule has 1 unspecified atom stereocenters. The second-order valence-electron chi connectivity index (χ2n) is 4.20. The third-order valence-electron chi connectivity index (χ3n) is 2.65. The molecule has 0 radical (unpaired) electrons. The second-order valence-corrected chi connectivity index (χ2v) is 6.11. The van der Waals surface area contributed by atoms with Crippen LogP contribution in [0.4, 0.5) is 0 Å². The van der Waals surface area contributed by atoms with E-state index in [9.17, 15) is 0 Å². The maximum Gasteiger partial charge on any atom is 0.0328 e. The predicted molar refractivity (Wildman–Crippen MR) is 76.1 cm³/mol. The Morgan fingerprint density at radius 3 is 2.88 bits per heavy atom. The summed E-state index contributed by atoms with van der Waals surface area (Å²) >= 11 is 5.30. The Bertz CT molecular complexity index is 301. The molecule has 0 aliphatic heterocycles. The van der Waals surface area contributed by atoms with Gasteiger partial charge in [0.1, 0.15) is 0 Å². The van der Waals surface area contributed by atoms with Gasteiger partial charge in [-0.25, -0.2) is 0 Å². The maximum absolute atomic E-state index is 3.49. The summed E-state index contributed by atoms with van der Waals surface area (Å²) in [7, 11) is 2.19. The van der Waals surface area contributed by atoms with Gasteiger partial charge in [0, 0.05) is 33.9 Å². The molecule has 0 spiro atoms. The molecule has 1 rings (SSSR count). The quantitative estimate of drug-likeness (QED) is 0.777. The summed E-state index contributed by atoms with van der Waals surface area (Å²) in [4.78, 5) is 3.80. The lowest BCUT2D eigenvalue weighted by Crippen LogP contribution is -2.37. The minimum absolute atomic E-state index is 0.576. The highest BCUT2D eigenvalue weighted by molar-refractivity contribution is 9.10. The van der Waals surface area contributed by atoms with Crippen LogP contribution in [0.25, 0.3) is 0 Å². The van der Waals surface area contributed by atoms with Crippen LogP contribution in [0.15, 0.2) is 15.9 Å². The summed E-state index contributed by atoms with van der Waals surface area (Å²) < 4.78 is 1.19. The zero-order valence-electron chi connectivity index (χ0n) is 10.3. The number of hydrogen-bond acceptors (Lipinski definition) is 3. The van der Waals surface area contributed by atoms with Gasteiger partial charge in [-0.15, -0.1) is 11.3 Å². The summed E-state index contributed by atoms with van der Waals surface area (Å²) in [5.41, 5.74) is 0. The van der Waals surface area contributed by atoms with Crippen LogP contribution < -0.4 is 5.32 Å². The molecule has 1 N–H and O–H groups in total. The number of thiophene rings is 1. The van der Waals surface area contributed by atoms with E-state index in [0.717, 1.165) is 19.6 Å². The Labute approximate surface area is 111 Å². The third kappa shape index (κ3) is 4.95. The van der Waals surface area contributed by atoms with Gasteiger partial charge in [-0.3, -0.25) is 4.90 Å². The predicted octanol–water partition coefficient (Wildman–Crippen LogP) is 3.33. The van der Waals surface area contributed by atoms with Gasteiger partial charge in [-0.05, 0) is 48.9 Å². The number of hydrogen-bond donors (Lipinski definition) is 1. The normalized spacial score (nSPS) is 13.3. The van der Waals surface area contributed by atoms with Gasteiger partial charge >= 0.3 is 0 Å². The zero-order valence-corrected chi connectivity index (χ0v) is 12.7. The SMILES string of the molecule is CCCNCC(C)N(C)Cc1cc(Br)cs1. The zero-order chi connectivity index (χ0) is 12.0. The molecule has 0 saturated heterocycles. The maximum atomic E-state index is 3.49. The highest BCUT2D eigenvalue weighted by Gasteiger charge is 2.09. The largest absolute Gasteiger partial charge is 0.315 e. The monoisotopic (exact) mass is 304 g/mol. The molecule has 1 aromatic heterocycles. The van der Waals surface area contributed by atoms with Crippen molar-refractivity contribution in [1.82, 2.24) is 10.2 Å². The molecule has 1 atom stereocenters. The Kier molecular flexibility index (Phi) is 6.58. The molecule has 0 aromatic carbocycles. The van der Waals surface area contributed by atoms with Crippen molar-refractivity contribution in [3.63, 3.8) is 0 Å². The van der Waals surface area contributed by atoms with Crippen LogP contribution >= 0.6 is 27.3 Å². The molecular formula is C12H21BrN2S. The van der Waals surface area contributed by atoms with E-state index in [1.165, 1.54) is 15.8 Å². The van der Waals surface area contributed by atoms with E-state index >= 15 is 0 Å².